The Kier molecular flexibility index (Phi) is 2.96. The van der Waals surface area contributed by atoms with Crippen LogP contribution in [0.3, 0.4) is 0 Å². The fraction of sp³-hybridized carbons (Fsp3) is 0. The van der Waals surface area contributed by atoms with Crippen LogP contribution in [-0.4, -0.2) is 31.0 Å². The molecule has 0 saturated carbocycles. The normalized spacial score (nSPS) is 10.7. The Morgan fingerprint density at radius 2 is 2.15 bits per heavy atom. The molecule has 3 N–H and O–H groups in total. The molecule has 1 aromatic carbocycles. The number of rotatable bonds is 3. The molecule has 7 nitrogen and oxygen atoms in total. The molecule has 0 bridgehead atoms. The Balaban J connectivity index is 1.99. The topological polar surface area (TPSA) is 104 Å². The first-order valence-corrected chi connectivity index (χ1v) is 5.97. The van der Waals surface area contributed by atoms with Gasteiger partial charge >= 0.3 is 5.97 Å². The number of benzene rings is 1. The largest absolute Gasteiger partial charge is 0.478 e. The number of carboxylic acid groups (broad SMARTS) is 1. The van der Waals surface area contributed by atoms with Crippen LogP contribution >= 0.6 is 11.6 Å². The van der Waals surface area contributed by atoms with Gasteiger partial charge in [0.05, 0.1) is 22.6 Å². The highest BCUT2D eigenvalue weighted by Gasteiger charge is 2.10. The van der Waals surface area contributed by atoms with E-state index in [-0.39, 0.29) is 10.6 Å². The predicted octanol–water partition coefficient (Wildman–Crippen LogP) is 2.45. The lowest BCUT2D eigenvalue weighted by Gasteiger charge is -2.08. The van der Waals surface area contributed by atoms with Gasteiger partial charge in [0, 0.05) is 0 Å². The minimum absolute atomic E-state index is 0.120. The third-order valence-corrected chi connectivity index (χ3v) is 3.00. The molecule has 0 spiro atoms. The van der Waals surface area contributed by atoms with E-state index < -0.39 is 5.97 Å². The number of nitrogens with one attached hydrogen (secondary N) is 2. The summed E-state index contributed by atoms with van der Waals surface area (Å²) >= 11 is 6.05. The molecule has 0 aliphatic rings. The first kappa shape index (κ1) is 12.4. The van der Waals surface area contributed by atoms with Gasteiger partial charge in [-0.3, -0.25) is 0 Å². The van der Waals surface area contributed by atoms with Gasteiger partial charge < -0.3 is 15.4 Å². The highest BCUT2D eigenvalue weighted by molar-refractivity contribution is 6.33. The Morgan fingerprint density at radius 1 is 1.30 bits per heavy atom. The van der Waals surface area contributed by atoms with Gasteiger partial charge in [-0.1, -0.05) is 11.6 Å². The first-order chi connectivity index (χ1) is 9.65. The average Bonchev–Trinajstić information content (AvgIpc) is 2.90. The number of anilines is 2. The number of fused-ring (bicyclic) bond motifs is 1. The minimum Gasteiger partial charge on any atom is -0.478 e. The number of halogens is 1. The predicted molar refractivity (Wildman–Crippen MR) is 73.4 cm³/mol. The zero-order valence-corrected chi connectivity index (χ0v) is 10.7. The molecule has 3 rings (SSSR count). The van der Waals surface area contributed by atoms with Crippen molar-refractivity contribution >= 4 is 40.2 Å². The van der Waals surface area contributed by atoms with Crippen molar-refractivity contribution < 1.29 is 9.90 Å². The van der Waals surface area contributed by atoms with Crippen molar-refractivity contribution in [3.63, 3.8) is 0 Å². The molecule has 0 aliphatic carbocycles. The standard InChI is InChI=1S/C12H8ClN5O2/c13-7-3-6(12(19)20)1-2-8(7)18-11-9-10(15-4-14-9)16-5-17-11/h1-5H,(H,19,20)(H2,14,15,16,17,18). The van der Waals surface area contributed by atoms with Gasteiger partial charge in [0.25, 0.3) is 0 Å². The van der Waals surface area contributed by atoms with E-state index in [4.69, 9.17) is 16.7 Å². The Hall–Kier alpha value is -2.67. The van der Waals surface area contributed by atoms with Crippen LogP contribution in [0.15, 0.2) is 30.9 Å². The first-order valence-electron chi connectivity index (χ1n) is 5.59. The molecular weight excluding hydrogens is 282 g/mol. The van der Waals surface area contributed by atoms with Gasteiger partial charge in [0.2, 0.25) is 0 Å². The van der Waals surface area contributed by atoms with Crippen LogP contribution in [0.25, 0.3) is 11.2 Å². The SMILES string of the molecule is O=C(O)c1ccc(Nc2ncnc3nc[nH]c23)c(Cl)c1. The van der Waals surface area contributed by atoms with E-state index >= 15 is 0 Å². The van der Waals surface area contributed by atoms with Gasteiger partial charge in [0.15, 0.2) is 11.5 Å². The maximum Gasteiger partial charge on any atom is 0.335 e. The lowest BCUT2D eigenvalue weighted by atomic mass is 10.2. The summed E-state index contributed by atoms with van der Waals surface area (Å²) in [6, 6.07) is 4.41. The highest BCUT2D eigenvalue weighted by atomic mass is 35.5. The van der Waals surface area contributed by atoms with E-state index in [9.17, 15) is 4.79 Å². The molecule has 20 heavy (non-hydrogen) atoms. The van der Waals surface area contributed by atoms with E-state index in [1.807, 2.05) is 0 Å². The summed E-state index contributed by atoms with van der Waals surface area (Å²) in [6.45, 7) is 0. The lowest BCUT2D eigenvalue weighted by molar-refractivity contribution is 0.0697. The number of H-pyrrole nitrogens is 1. The van der Waals surface area contributed by atoms with Crippen molar-refractivity contribution in [2.75, 3.05) is 5.32 Å². The summed E-state index contributed by atoms with van der Waals surface area (Å²) in [4.78, 5) is 25.9. The number of aromatic nitrogens is 4. The molecule has 2 heterocycles. The smallest absolute Gasteiger partial charge is 0.335 e. The Morgan fingerprint density at radius 3 is 2.90 bits per heavy atom. The molecule has 0 aliphatic heterocycles. The van der Waals surface area contributed by atoms with Crippen LogP contribution in [0.5, 0.6) is 0 Å². The molecule has 2 aromatic heterocycles. The maximum atomic E-state index is 10.8. The van der Waals surface area contributed by atoms with Gasteiger partial charge in [0.1, 0.15) is 11.8 Å². The summed E-state index contributed by atoms with van der Waals surface area (Å²) < 4.78 is 0. The minimum atomic E-state index is -1.03. The van der Waals surface area contributed by atoms with E-state index in [1.54, 1.807) is 6.07 Å². The molecule has 8 heteroatoms. The molecule has 0 amide bonds. The zero-order valence-electron chi connectivity index (χ0n) is 9.96. The van der Waals surface area contributed by atoms with Gasteiger partial charge in [-0.2, -0.15) is 0 Å². The summed E-state index contributed by atoms with van der Waals surface area (Å²) in [5, 5.41) is 12.2. The maximum absolute atomic E-state index is 10.8. The van der Waals surface area contributed by atoms with Crippen molar-refractivity contribution in [3.8, 4) is 0 Å². The van der Waals surface area contributed by atoms with Crippen LogP contribution in [0, 0.1) is 0 Å². The molecule has 0 radical (unpaired) electrons. The molecule has 3 aromatic rings. The Bertz CT molecular complexity index is 801. The number of nitrogens with zero attached hydrogens (tertiary/aromatic N) is 3. The van der Waals surface area contributed by atoms with Gasteiger partial charge in [-0.05, 0) is 18.2 Å². The number of aromatic carboxylic acids is 1. The molecule has 0 fully saturated rings. The second-order valence-corrected chi connectivity index (χ2v) is 4.36. The second kappa shape index (κ2) is 4.78. The van der Waals surface area contributed by atoms with Crippen molar-refractivity contribution in [2.24, 2.45) is 0 Å². The van der Waals surface area contributed by atoms with Crippen molar-refractivity contribution in [2.45, 2.75) is 0 Å². The number of aromatic amines is 1. The summed E-state index contributed by atoms with van der Waals surface area (Å²) in [7, 11) is 0. The number of carbonyl (C=O) groups is 1. The molecule has 0 atom stereocenters. The number of hydrogen-bond donors (Lipinski definition) is 3. The average molecular weight is 290 g/mol. The third-order valence-electron chi connectivity index (χ3n) is 2.69. The van der Waals surface area contributed by atoms with Crippen LogP contribution < -0.4 is 5.32 Å². The van der Waals surface area contributed by atoms with Gasteiger partial charge in [-0.25, -0.2) is 19.7 Å². The third kappa shape index (κ3) is 2.14. The monoisotopic (exact) mass is 289 g/mol. The number of hydrogen-bond acceptors (Lipinski definition) is 5. The van der Waals surface area contributed by atoms with Crippen molar-refractivity contribution in [1.82, 2.24) is 19.9 Å². The summed E-state index contributed by atoms with van der Waals surface area (Å²) in [5.74, 6) is -0.520. The van der Waals surface area contributed by atoms with Crippen LogP contribution in [0.1, 0.15) is 10.4 Å². The van der Waals surface area contributed by atoms with Gasteiger partial charge in [-0.15, -0.1) is 0 Å². The van der Waals surface area contributed by atoms with Crippen molar-refractivity contribution in [3.05, 3.63) is 41.4 Å². The van der Waals surface area contributed by atoms with E-state index in [0.29, 0.717) is 22.7 Å². The molecular formula is C12H8ClN5O2. The summed E-state index contributed by atoms with van der Waals surface area (Å²) in [5.41, 5.74) is 1.84. The lowest BCUT2D eigenvalue weighted by Crippen LogP contribution is -1.99. The van der Waals surface area contributed by atoms with Crippen molar-refractivity contribution in [1.29, 1.82) is 0 Å². The molecule has 0 unspecified atom stereocenters. The molecule has 100 valence electrons. The molecule has 0 saturated heterocycles. The van der Waals surface area contributed by atoms with E-state index in [2.05, 4.69) is 25.3 Å². The van der Waals surface area contributed by atoms with Crippen LogP contribution in [0.2, 0.25) is 5.02 Å². The van der Waals surface area contributed by atoms with Crippen LogP contribution in [0.4, 0.5) is 11.5 Å². The Labute approximate surface area is 117 Å². The quantitative estimate of drug-likeness (QED) is 0.684. The number of carboxylic acids is 1. The fourth-order valence-electron chi connectivity index (χ4n) is 1.74. The highest BCUT2D eigenvalue weighted by Crippen LogP contribution is 2.27. The van der Waals surface area contributed by atoms with Crippen LogP contribution in [-0.2, 0) is 0 Å². The van der Waals surface area contributed by atoms with E-state index in [1.165, 1.54) is 24.8 Å². The zero-order chi connectivity index (χ0) is 14.1. The fourth-order valence-corrected chi connectivity index (χ4v) is 1.96. The summed E-state index contributed by atoms with van der Waals surface area (Å²) in [6.07, 6.45) is 2.89. The second-order valence-electron chi connectivity index (χ2n) is 3.95. The van der Waals surface area contributed by atoms with E-state index in [0.717, 1.165) is 0 Å². The number of imidazole rings is 1.